The number of benzene rings is 2. The molecule has 0 aliphatic carbocycles. The van der Waals surface area contributed by atoms with E-state index in [0.29, 0.717) is 12.4 Å². The molecule has 3 aromatic rings. The number of rotatable bonds is 6. The van der Waals surface area contributed by atoms with E-state index >= 15 is 0 Å². The summed E-state index contributed by atoms with van der Waals surface area (Å²) in [6.07, 6.45) is 5.52. The van der Waals surface area contributed by atoms with Crippen molar-refractivity contribution in [3.63, 3.8) is 0 Å². The topological polar surface area (TPSA) is 59.4 Å². The first-order valence-electron chi connectivity index (χ1n) is 7.86. The maximum Gasteiger partial charge on any atom is 0.335 e. The number of ether oxygens (including phenoxy) is 1. The Hall–Kier alpha value is -3.40. The lowest BCUT2D eigenvalue weighted by Crippen LogP contribution is -2.00. The Kier molecular flexibility index (Phi) is 5.22. The van der Waals surface area contributed by atoms with Crippen molar-refractivity contribution in [2.24, 2.45) is 0 Å². The van der Waals surface area contributed by atoms with Crippen molar-refractivity contribution >= 4 is 11.5 Å². The van der Waals surface area contributed by atoms with Crippen molar-refractivity contribution in [3.05, 3.63) is 102 Å². The van der Waals surface area contributed by atoms with Gasteiger partial charge in [0.25, 0.3) is 0 Å². The monoisotopic (exact) mass is 331 g/mol. The summed E-state index contributed by atoms with van der Waals surface area (Å²) in [5.41, 5.74) is 3.29. The summed E-state index contributed by atoms with van der Waals surface area (Å²) in [6.45, 7) is 0.322. The molecule has 1 heterocycles. The summed E-state index contributed by atoms with van der Waals surface area (Å²) in [5, 5.41) is 9.05. The molecule has 1 N–H and O–H groups in total. The van der Waals surface area contributed by atoms with Gasteiger partial charge < -0.3 is 9.84 Å². The molecule has 0 saturated carbocycles. The number of carboxylic acids is 1. The van der Waals surface area contributed by atoms with Gasteiger partial charge in [-0.1, -0.05) is 42.5 Å². The first kappa shape index (κ1) is 16.5. The highest BCUT2D eigenvalue weighted by molar-refractivity contribution is 5.88. The Morgan fingerprint density at radius 3 is 2.44 bits per heavy atom. The number of nitrogens with zero attached hydrogens (tertiary/aromatic N) is 1. The van der Waals surface area contributed by atoms with Gasteiger partial charge in [-0.2, -0.15) is 0 Å². The third-order valence-corrected chi connectivity index (χ3v) is 3.68. The van der Waals surface area contributed by atoms with Crippen LogP contribution in [-0.4, -0.2) is 22.7 Å². The number of aromatic carboxylic acids is 1. The van der Waals surface area contributed by atoms with Crippen LogP contribution in [-0.2, 0) is 0 Å². The standard InChI is InChI=1S/C21H17NO3/c23-21(24)17-8-4-10-19(14-17)25-13-11-20(16-6-2-1-3-7-16)18-9-5-12-22-15-18/h1-12,14-15H,13H2,(H,23,24). The largest absolute Gasteiger partial charge is 0.489 e. The van der Waals surface area contributed by atoms with Crippen molar-refractivity contribution in [1.82, 2.24) is 4.98 Å². The lowest BCUT2D eigenvalue weighted by Gasteiger charge is -2.09. The summed E-state index contributed by atoms with van der Waals surface area (Å²) in [5.74, 6) is -0.448. The molecule has 1 aromatic heterocycles. The van der Waals surface area contributed by atoms with Gasteiger partial charge in [-0.05, 0) is 41.5 Å². The molecule has 4 heteroatoms. The fraction of sp³-hybridized carbons (Fsp3) is 0.0476. The Morgan fingerprint density at radius 2 is 1.72 bits per heavy atom. The van der Waals surface area contributed by atoms with Gasteiger partial charge in [-0.15, -0.1) is 0 Å². The van der Waals surface area contributed by atoms with Crippen LogP contribution in [0.15, 0.2) is 85.2 Å². The molecule has 0 aliphatic rings. The van der Waals surface area contributed by atoms with Gasteiger partial charge in [0.15, 0.2) is 0 Å². The molecule has 0 amide bonds. The average molecular weight is 331 g/mol. The Bertz CT molecular complexity index is 832. The minimum absolute atomic E-state index is 0.206. The van der Waals surface area contributed by atoms with E-state index in [2.05, 4.69) is 4.98 Å². The molecule has 0 aliphatic heterocycles. The van der Waals surface area contributed by atoms with E-state index in [-0.39, 0.29) is 5.56 Å². The van der Waals surface area contributed by atoms with E-state index < -0.39 is 5.97 Å². The number of carbonyl (C=O) groups is 1. The van der Waals surface area contributed by atoms with Gasteiger partial charge in [0, 0.05) is 18.0 Å². The van der Waals surface area contributed by atoms with Crippen LogP contribution in [0.1, 0.15) is 21.5 Å². The predicted octanol–water partition coefficient (Wildman–Crippen LogP) is 4.29. The predicted molar refractivity (Wildman–Crippen MR) is 96.7 cm³/mol. The molecule has 0 saturated heterocycles. The van der Waals surface area contributed by atoms with Crippen molar-refractivity contribution in [2.75, 3.05) is 6.61 Å². The molecule has 0 radical (unpaired) electrons. The van der Waals surface area contributed by atoms with Crippen LogP contribution >= 0.6 is 0 Å². The zero-order chi connectivity index (χ0) is 17.5. The molecule has 0 spiro atoms. The van der Waals surface area contributed by atoms with E-state index in [0.717, 1.165) is 16.7 Å². The van der Waals surface area contributed by atoms with Gasteiger partial charge in [-0.3, -0.25) is 4.98 Å². The summed E-state index contributed by atoms with van der Waals surface area (Å²) in [4.78, 5) is 15.2. The third-order valence-electron chi connectivity index (χ3n) is 3.68. The van der Waals surface area contributed by atoms with E-state index in [1.54, 1.807) is 18.3 Å². The highest BCUT2D eigenvalue weighted by Crippen LogP contribution is 2.22. The highest BCUT2D eigenvalue weighted by atomic mass is 16.5. The van der Waals surface area contributed by atoms with Crippen LogP contribution in [0.25, 0.3) is 5.57 Å². The van der Waals surface area contributed by atoms with Gasteiger partial charge in [0.05, 0.1) is 5.56 Å². The normalized spacial score (nSPS) is 11.1. The smallest absolute Gasteiger partial charge is 0.335 e. The molecule has 3 rings (SSSR count). The van der Waals surface area contributed by atoms with Gasteiger partial charge in [0.2, 0.25) is 0 Å². The molecule has 0 atom stereocenters. The number of aromatic nitrogens is 1. The molecule has 0 bridgehead atoms. The van der Waals surface area contributed by atoms with Crippen LogP contribution in [0.2, 0.25) is 0 Å². The van der Waals surface area contributed by atoms with Crippen LogP contribution in [0.5, 0.6) is 5.75 Å². The van der Waals surface area contributed by atoms with Crippen molar-refractivity contribution < 1.29 is 14.6 Å². The van der Waals surface area contributed by atoms with Gasteiger partial charge in [0.1, 0.15) is 12.4 Å². The SMILES string of the molecule is O=C(O)c1cccc(OCC=C(c2ccccc2)c2cccnc2)c1. The quantitative estimate of drug-likeness (QED) is 0.732. The Morgan fingerprint density at radius 1 is 0.960 bits per heavy atom. The van der Waals surface area contributed by atoms with Gasteiger partial charge >= 0.3 is 5.97 Å². The third kappa shape index (κ3) is 4.32. The Balaban J connectivity index is 1.82. The minimum Gasteiger partial charge on any atom is -0.489 e. The number of hydrogen-bond acceptors (Lipinski definition) is 3. The molecular formula is C21H17NO3. The van der Waals surface area contributed by atoms with Crippen LogP contribution < -0.4 is 4.74 Å². The van der Waals surface area contributed by atoms with E-state index in [1.165, 1.54) is 12.1 Å². The lowest BCUT2D eigenvalue weighted by atomic mass is 9.99. The van der Waals surface area contributed by atoms with Gasteiger partial charge in [-0.25, -0.2) is 4.79 Å². The van der Waals surface area contributed by atoms with Crippen molar-refractivity contribution in [3.8, 4) is 5.75 Å². The molecule has 0 unspecified atom stereocenters. The molecule has 4 nitrogen and oxygen atoms in total. The maximum absolute atomic E-state index is 11.0. The van der Waals surface area contributed by atoms with E-state index in [4.69, 9.17) is 9.84 Å². The maximum atomic E-state index is 11.0. The van der Waals surface area contributed by atoms with Crippen LogP contribution in [0.4, 0.5) is 0 Å². The molecule has 2 aromatic carbocycles. The van der Waals surface area contributed by atoms with Crippen molar-refractivity contribution in [2.45, 2.75) is 0 Å². The second kappa shape index (κ2) is 7.93. The Labute approximate surface area is 146 Å². The molecule has 25 heavy (non-hydrogen) atoms. The number of hydrogen-bond donors (Lipinski definition) is 1. The number of carboxylic acid groups (broad SMARTS) is 1. The first-order valence-corrected chi connectivity index (χ1v) is 7.86. The summed E-state index contributed by atoms with van der Waals surface area (Å²) in [6, 6.07) is 20.4. The van der Waals surface area contributed by atoms with E-state index in [1.807, 2.05) is 54.7 Å². The van der Waals surface area contributed by atoms with Crippen LogP contribution in [0, 0.1) is 0 Å². The van der Waals surface area contributed by atoms with E-state index in [9.17, 15) is 4.79 Å². The molecule has 124 valence electrons. The fourth-order valence-corrected chi connectivity index (χ4v) is 2.48. The second-order valence-corrected chi connectivity index (χ2v) is 5.37. The summed E-state index contributed by atoms with van der Waals surface area (Å²) >= 11 is 0. The second-order valence-electron chi connectivity index (χ2n) is 5.37. The minimum atomic E-state index is -0.971. The summed E-state index contributed by atoms with van der Waals surface area (Å²) in [7, 11) is 0. The van der Waals surface area contributed by atoms with Crippen molar-refractivity contribution in [1.29, 1.82) is 0 Å². The zero-order valence-corrected chi connectivity index (χ0v) is 13.5. The highest BCUT2D eigenvalue weighted by Gasteiger charge is 2.06. The average Bonchev–Trinajstić information content (AvgIpc) is 2.67. The molecular weight excluding hydrogens is 314 g/mol. The summed E-state index contributed by atoms with van der Waals surface area (Å²) < 4.78 is 5.71. The number of pyridine rings is 1. The first-order chi connectivity index (χ1) is 12.2. The van der Waals surface area contributed by atoms with Crippen LogP contribution in [0.3, 0.4) is 0 Å². The fourth-order valence-electron chi connectivity index (χ4n) is 2.48. The zero-order valence-electron chi connectivity index (χ0n) is 13.5. The molecule has 0 fully saturated rings. The lowest BCUT2D eigenvalue weighted by molar-refractivity contribution is 0.0696.